The molecule has 1 aliphatic rings. The molecule has 0 spiro atoms. The molecule has 0 aromatic rings. The highest BCUT2D eigenvalue weighted by Gasteiger charge is 2.36. The quantitative estimate of drug-likeness (QED) is 0.692. The predicted molar refractivity (Wildman–Crippen MR) is 53.7 cm³/mol. The van der Waals surface area contributed by atoms with Gasteiger partial charge in [0.25, 0.3) is 0 Å². The molecule has 0 saturated heterocycles. The van der Waals surface area contributed by atoms with Crippen molar-refractivity contribution in [2.24, 2.45) is 5.41 Å². The first kappa shape index (κ1) is 11.0. The lowest BCUT2D eigenvalue weighted by atomic mass is 9.76. The van der Waals surface area contributed by atoms with E-state index in [0.717, 1.165) is 0 Å². The zero-order valence-electron chi connectivity index (χ0n) is 8.45. The summed E-state index contributed by atoms with van der Waals surface area (Å²) in [6.45, 7) is 5.87. The number of allylic oxidation sites excluding steroid dienone is 2. The molecule has 78 valence electrons. The molecular formula is C11H16O3. The summed E-state index contributed by atoms with van der Waals surface area (Å²) < 4.78 is 5.26. The van der Waals surface area contributed by atoms with E-state index in [0.29, 0.717) is 25.2 Å². The summed E-state index contributed by atoms with van der Waals surface area (Å²) in [5.41, 5.74) is -0.777. The van der Waals surface area contributed by atoms with E-state index in [1.54, 1.807) is 0 Å². The SMILES string of the molecule is C=CC1(CO)CCC(OCC)=CC1=O. The van der Waals surface area contributed by atoms with Crippen LogP contribution in [-0.2, 0) is 9.53 Å². The fourth-order valence-electron chi connectivity index (χ4n) is 1.55. The molecule has 14 heavy (non-hydrogen) atoms. The minimum absolute atomic E-state index is 0.107. The van der Waals surface area contributed by atoms with Crippen LogP contribution in [0.4, 0.5) is 0 Å². The Balaban J connectivity index is 2.82. The van der Waals surface area contributed by atoms with Gasteiger partial charge in [-0.05, 0) is 13.3 Å². The van der Waals surface area contributed by atoms with Gasteiger partial charge in [0.15, 0.2) is 5.78 Å². The molecular weight excluding hydrogens is 180 g/mol. The van der Waals surface area contributed by atoms with E-state index in [2.05, 4.69) is 6.58 Å². The highest BCUT2D eigenvalue weighted by molar-refractivity contribution is 5.97. The highest BCUT2D eigenvalue weighted by Crippen LogP contribution is 2.33. The third-order valence-corrected chi connectivity index (χ3v) is 2.60. The second-order valence-corrected chi connectivity index (χ2v) is 3.43. The molecule has 0 aliphatic heterocycles. The van der Waals surface area contributed by atoms with Gasteiger partial charge in [0, 0.05) is 12.5 Å². The number of hydrogen-bond acceptors (Lipinski definition) is 3. The van der Waals surface area contributed by atoms with Gasteiger partial charge >= 0.3 is 0 Å². The molecule has 1 atom stereocenters. The van der Waals surface area contributed by atoms with Crippen molar-refractivity contribution in [2.45, 2.75) is 19.8 Å². The van der Waals surface area contributed by atoms with Crippen LogP contribution in [-0.4, -0.2) is 24.1 Å². The molecule has 1 rings (SSSR count). The molecule has 1 unspecified atom stereocenters. The van der Waals surface area contributed by atoms with Crippen molar-refractivity contribution < 1.29 is 14.6 Å². The van der Waals surface area contributed by atoms with Crippen LogP contribution in [0.2, 0.25) is 0 Å². The van der Waals surface area contributed by atoms with Crippen molar-refractivity contribution in [3.63, 3.8) is 0 Å². The zero-order chi connectivity index (χ0) is 10.6. The maximum Gasteiger partial charge on any atom is 0.171 e. The fourth-order valence-corrected chi connectivity index (χ4v) is 1.55. The zero-order valence-corrected chi connectivity index (χ0v) is 8.45. The number of rotatable bonds is 4. The second-order valence-electron chi connectivity index (χ2n) is 3.43. The summed E-state index contributed by atoms with van der Waals surface area (Å²) >= 11 is 0. The predicted octanol–water partition coefficient (Wildman–Crippen LogP) is 1.43. The van der Waals surface area contributed by atoms with Crippen molar-refractivity contribution in [3.8, 4) is 0 Å². The lowest BCUT2D eigenvalue weighted by Gasteiger charge is -2.29. The molecule has 1 N–H and O–H groups in total. The summed E-state index contributed by atoms with van der Waals surface area (Å²) in [6.07, 6.45) is 4.28. The number of ether oxygens (including phenoxy) is 1. The molecule has 0 heterocycles. The maximum absolute atomic E-state index is 11.7. The third-order valence-electron chi connectivity index (χ3n) is 2.60. The monoisotopic (exact) mass is 196 g/mol. The number of hydrogen-bond donors (Lipinski definition) is 1. The van der Waals surface area contributed by atoms with Gasteiger partial charge in [-0.2, -0.15) is 0 Å². The maximum atomic E-state index is 11.7. The lowest BCUT2D eigenvalue weighted by Crippen LogP contribution is -2.34. The van der Waals surface area contributed by atoms with Crippen LogP contribution in [0.5, 0.6) is 0 Å². The topological polar surface area (TPSA) is 46.5 Å². The van der Waals surface area contributed by atoms with Crippen LogP contribution in [0, 0.1) is 5.41 Å². The average Bonchev–Trinajstić information content (AvgIpc) is 2.20. The summed E-state index contributed by atoms with van der Waals surface area (Å²) in [5, 5.41) is 9.17. The van der Waals surface area contributed by atoms with E-state index in [-0.39, 0.29) is 12.4 Å². The Kier molecular flexibility index (Phi) is 3.47. The largest absolute Gasteiger partial charge is 0.498 e. The van der Waals surface area contributed by atoms with Crippen molar-refractivity contribution in [2.75, 3.05) is 13.2 Å². The van der Waals surface area contributed by atoms with Crippen LogP contribution in [0.25, 0.3) is 0 Å². The molecule has 0 fully saturated rings. The van der Waals surface area contributed by atoms with Gasteiger partial charge in [-0.3, -0.25) is 4.79 Å². The summed E-state index contributed by atoms with van der Waals surface area (Å²) in [4.78, 5) is 11.7. The van der Waals surface area contributed by atoms with Crippen molar-refractivity contribution >= 4 is 5.78 Å². The standard InChI is InChI=1S/C11H16O3/c1-3-11(8-12)6-5-9(14-4-2)7-10(11)13/h3,7,12H,1,4-6,8H2,2H3. The minimum atomic E-state index is -0.777. The number of aliphatic hydroxyl groups is 1. The summed E-state index contributed by atoms with van der Waals surface area (Å²) in [7, 11) is 0. The van der Waals surface area contributed by atoms with Crippen molar-refractivity contribution in [1.82, 2.24) is 0 Å². The van der Waals surface area contributed by atoms with Gasteiger partial charge in [0.05, 0.1) is 24.4 Å². The first-order valence-electron chi connectivity index (χ1n) is 4.81. The van der Waals surface area contributed by atoms with Gasteiger partial charge < -0.3 is 9.84 Å². The van der Waals surface area contributed by atoms with E-state index in [4.69, 9.17) is 9.84 Å². The van der Waals surface area contributed by atoms with Gasteiger partial charge in [0.1, 0.15) is 0 Å². The van der Waals surface area contributed by atoms with Gasteiger partial charge in [0.2, 0.25) is 0 Å². The van der Waals surface area contributed by atoms with Gasteiger partial charge in [-0.25, -0.2) is 0 Å². The van der Waals surface area contributed by atoms with E-state index in [9.17, 15) is 4.79 Å². The number of aliphatic hydroxyl groups excluding tert-OH is 1. The Morgan fingerprint density at radius 1 is 1.79 bits per heavy atom. The van der Waals surface area contributed by atoms with Crippen LogP contribution in [0.15, 0.2) is 24.5 Å². The first-order valence-corrected chi connectivity index (χ1v) is 4.81. The van der Waals surface area contributed by atoms with Crippen molar-refractivity contribution in [3.05, 3.63) is 24.5 Å². The lowest BCUT2D eigenvalue weighted by molar-refractivity contribution is -0.124. The smallest absolute Gasteiger partial charge is 0.171 e. The van der Waals surface area contributed by atoms with Gasteiger partial charge in [-0.15, -0.1) is 6.58 Å². The average molecular weight is 196 g/mol. The first-order chi connectivity index (χ1) is 6.68. The number of carbonyl (C=O) groups is 1. The van der Waals surface area contributed by atoms with E-state index < -0.39 is 5.41 Å². The summed E-state index contributed by atoms with van der Waals surface area (Å²) in [5.74, 6) is 0.605. The Labute approximate surface area is 84.1 Å². The van der Waals surface area contributed by atoms with Crippen LogP contribution in [0.1, 0.15) is 19.8 Å². The molecule has 0 bridgehead atoms. The Bertz CT molecular complexity index is 268. The highest BCUT2D eigenvalue weighted by atomic mass is 16.5. The molecule has 3 nitrogen and oxygen atoms in total. The number of carbonyl (C=O) groups excluding carboxylic acids is 1. The van der Waals surface area contributed by atoms with Gasteiger partial charge in [-0.1, -0.05) is 6.08 Å². The summed E-state index contributed by atoms with van der Waals surface area (Å²) in [6, 6.07) is 0. The molecule has 1 aliphatic carbocycles. The molecule has 0 aromatic heterocycles. The van der Waals surface area contributed by atoms with Crippen molar-refractivity contribution in [1.29, 1.82) is 0 Å². The second kappa shape index (κ2) is 4.42. The minimum Gasteiger partial charge on any atom is -0.498 e. The fraction of sp³-hybridized carbons (Fsp3) is 0.545. The van der Waals surface area contributed by atoms with Crippen LogP contribution in [0.3, 0.4) is 0 Å². The van der Waals surface area contributed by atoms with E-state index >= 15 is 0 Å². The number of ketones is 1. The van der Waals surface area contributed by atoms with Crippen LogP contribution >= 0.6 is 0 Å². The molecule has 0 aromatic carbocycles. The molecule has 0 saturated carbocycles. The molecule has 0 radical (unpaired) electrons. The Morgan fingerprint density at radius 2 is 2.50 bits per heavy atom. The Morgan fingerprint density at radius 3 is 2.93 bits per heavy atom. The normalized spacial score (nSPS) is 27.0. The van der Waals surface area contributed by atoms with E-state index in [1.165, 1.54) is 12.2 Å². The molecule has 0 amide bonds. The van der Waals surface area contributed by atoms with Crippen LogP contribution < -0.4 is 0 Å². The van der Waals surface area contributed by atoms with E-state index in [1.807, 2.05) is 6.92 Å². The third kappa shape index (κ3) is 1.87. The molecule has 3 heteroatoms. The Hall–Kier alpha value is -1.09.